The van der Waals surface area contributed by atoms with Crippen LogP contribution in [0.2, 0.25) is 0 Å². The van der Waals surface area contributed by atoms with E-state index in [1.807, 2.05) is 13.8 Å². The van der Waals surface area contributed by atoms with Crippen molar-refractivity contribution in [3.8, 4) is 5.75 Å². The minimum absolute atomic E-state index is 0.111. The Balaban J connectivity index is 1.70. The molecule has 3 amide bonds. The highest BCUT2D eigenvalue weighted by molar-refractivity contribution is 8.02. The van der Waals surface area contributed by atoms with Gasteiger partial charge in [-0.3, -0.25) is 14.4 Å². The Labute approximate surface area is 198 Å². The van der Waals surface area contributed by atoms with Crippen LogP contribution >= 0.6 is 11.8 Å². The van der Waals surface area contributed by atoms with Gasteiger partial charge in [-0.2, -0.15) is 0 Å². The van der Waals surface area contributed by atoms with Crippen LogP contribution in [-0.4, -0.2) is 69.6 Å². The minimum atomic E-state index is -0.768. The number of ether oxygens (including phenoxy) is 1. The standard InChI is InChI=1S/C24H33N3O5S/c1-5-12-25-20(29)17-18-22(31)27(14(2)13-28)19(24(18)11-10-23(17,3)33-24)21(30)26-15-6-8-16(32-4)9-7-15/h6-9,14,17-19,28H,5,10-13H2,1-4H3,(H,25,29)(H,26,30)/t14-,17-,18+,19?,23+,24?/m1/s1. The molecule has 0 aromatic heterocycles. The lowest BCUT2D eigenvalue weighted by atomic mass is 9.66. The second kappa shape index (κ2) is 8.83. The molecule has 1 aromatic carbocycles. The predicted octanol–water partition coefficient (Wildman–Crippen LogP) is 2.02. The molecule has 6 atom stereocenters. The third-order valence-electron chi connectivity index (χ3n) is 7.39. The number of carbonyl (C=O) groups excluding carboxylic acids is 3. The first-order valence-electron chi connectivity index (χ1n) is 11.6. The molecule has 8 nitrogen and oxygen atoms in total. The zero-order chi connectivity index (χ0) is 24.0. The normalized spacial score (nSPS) is 33.1. The van der Waals surface area contributed by atoms with Crippen LogP contribution in [0.5, 0.6) is 5.75 Å². The highest BCUT2D eigenvalue weighted by Gasteiger charge is 2.77. The molecule has 1 spiro atoms. The van der Waals surface area contributed by atoms with Crippen LogP contribution in [-0.2, 0) is 14.4 Å². The van der Waals surface area contributed by atoms with Crippen LogP contribution in [0, 0.1) is 11.8 Å². The fourth-order valence-electron chi connectivity index (χ4n) is 5.87. The molecule has 3 fully saturated rings. The van der Waals surface area contributed by atoms with Crippen molar-refractivity contribution in [3.63, 3.8) is 0 Å². The molecule has 33 heavy (non-hydrogen) atoms. The Hall–Kier alpha value is -2.26. The maximum Gasteiger partial charge on any atom is 0.248 e. The summed E-state index contributed by atoms with van der Waals surface area (Å²) in [4.78, 5) is 42.2. The topological polar surface area (TPSA) is 108 Å². The second-order valence-corrected chi connectivity index (χ2v) is 11.4. The van der Waals surface area contributed by atoms with Crippen molar-refractivity contribution >= 4 is 35.2 Å². The molecule has 3 saturated heterocycles. The zero-order valence-electron chi connectivity index (χ0n) is 19.6. The smallest absolute Gasteiger partial charge is 0.248 e. The summed E-state index contributed by atoms with van der Waals surface area (Å²) in [7, 11) is 1.58. The van der Waals surface area contributed by atoms with E-state index in [1.165, 1.54) is 4.90 Å². The largest absolute Gasteiger partial charge is 0.497 e. The summed E-state index contributed by atoms with van der Waals surface area (Å²) in [5.41, 5.74) is 0.602. The van der Waals surface area contributed by atoms with Gasteiger partial charge in [-0.05, 0) is 57.4 Å². The maximum absolute atomic E-state index is 13.8. The fraction of sp³-hybridized carbons (Fsp3) is 0.625. The molecule has 0 saturated carbocycles. The van der Waals surface area contributed by atoms with Gasteiger partial charge in [-0.1, -0.05) is 6.92 Å². The number of benzene rings is 1. The quantitative estimate of drug-likeness (QED) is 0.531. The van der Waals surface area contributed by atoms with Crippen molar-refractivity contribution < 1.29 is 24.2 Å². The molecule has 3 N–H and O–H groups in total. The average Bonchev–Trinajstić information content (AvgIpc) is 3.38. The van der Waals surface area contributed by atoms with Crippen molar-refractivity contribution in [1.82, 2.24) is 10.2 Å². The number of methoxy groups -OCH3 is 1. The van der Waals surface area contributed by atoms with Crippen molar-refractivity contribution in [1.29, 1.82) is 0 Å². The first-order valence-corrected chi connectivity index (χ1v) is 12.4. The lowest BCUT2D eigenvalue weighted by Crippen LogP contribution is -2.54. The van der Waals surface area contributed by atoms with E-state index in [0.717, 1.165) is 12.8 Å². The summed E-state index contributed by atoms with van der Waals surface area (Å²) in [6.45, 7) is 6.09. The first-order chi connectivity index (χ1) is 15.7. The number of amides is 3. The molecule has 2 unspecified atom stereocenters. The van der Waals surface area contributed by atoms with E-state index in [1.54, 1.807) is 50.1 Å². The number of hydrogen-bond donors (Lipinski definition) is 3. The molecule has 0 aliphatic carbocycles. The molecule has 0 radical (unpaired) electrons. The predicted molar refractivity (Wildman–Crippen MR) is 127 cm³/mol. The van der Waals surface area contributed by atoms with Crippen LogP contribution in [0.25, 0.3) is 0 Å². The monoisotopic (exact) mass is 475 g/mol. The van der Waals surface area contributed by atoms with E-state index in [9.17, 15) is 19.5 Å². The van der Waals surface area contributed by atoms with Gasteiger partial charge in [0.25, 0.3) is 0 Å². The number of nitrogens with one attached hydrogen (secondary N) is 2. The van der Waals surface area contributed by atoms with Gasteiger partial charge in [0, 0.05) is 17.0 Å². The molecule has 3 heterocycles. The number of anilines is 1. The molecule has 3 aliphatic heterocycles. The van der Waals surface area contributed by atoms with Gasteiger partial charge >= 0.3 is 0 Å². The third-order valence-corrected chi connectivity index (χ3v) is 9.38. The molecule has 9 heteroatoms. The van der Waals surface area contributed by atoms with Gasteiger partial charge < -0.3 is 25.4 Å². The average molecular weight is 476 g/mol. The number of fused-ring (bicyclic) bond motifs is 1. The van der Waals surface area contributed by atoms with Crippen LogP contribution in [0.4, 0.5) is 5.69 Å². The molecule has 2 bridgehead atoms. The number of thioether (sulfide) groups is 1. The lowest BCUT2D eigenvalue weighted by Gasteiger charge is -2.36. The van der Waals surface area contributed by atoms with Gasteiger partial charge in [0.2, 0.25) is 17.7 Å². The number of nitrogens with zero attached hydrogens (tertiary/aromatic N) is 1. The summed E-state index contributed by atoms with van der Waals surface area (Å²) in [5, 5.41) is 15.9. The molecule has 1 aromatic rings. The SMILES string of the molecule is CCCNC(=O)[C@H]1[C@H]2C(=O)N([C@H](C)CO)C(C(=O)Nc3ccc(OC)cc3)C23CC[C@]1(C)S3. The highest BCUT2D eigenvalue weighted by Crippen LogP contribution is 2.71. The van der Waals surface area contributed by atoms with Gasteiger partial charge in [0.05, 0.1) is 36.3 Å². The second-order valence-electron chi connectivity index (χ2n) is 9.51. The van der Waals surface area contributed by atoms with E-state index < -0.39 is 33.4 Å². The number of carbonyl (C=O) groups is 3. The van der Waals surface area contributed by atoms with E-state index in [2.05, 4.69) is 10.6 Å². The van der Waals surface area contributed by atoms with Crippen LogP contribution in [0.3, 0.4) is 0 Å². The summed E-state index contributed by atoms with van der Waals surface area (Å²) in [5.74, 6) is -1.01. The third kappa shape index (κ3) is 3.69. The first kappa shape index (κ1) is 23.9. The molecule has 4 rings (SSSR count). The molecule has 3 aliphatic rings. The Morgan fingerprint density at radius 2 is 1.97 bits per heavy atom. The van der Waals surface area contributed by atoms with Crippen molar-refractivity contribution in [2.24, 2.45) is 11.8 Å². The van der Waals surface area contributed by atoms with Crippen LogP contribution < -0.4 is 15.4 Å². The zero-order valence-corrected chi connectivity index (χ0v) is 20.4. The van der Waals surface area contributed by atoms with Crippen LogP contribution in [0.1, 0.15) is 40.0 Å². The number of aliphatic hydroxyl groups excluding tert-OH is 1. The minimum Gasteiger partial charge on any atom is -0.497 e. The number of likely N-dealkylation sites (tertiary alicyclic amines) is 1. The van der Waals surface area contributed by atoms with E-state index in [-0.39, 0.29) is 24.3 Å². The van der Waals surface area contributed by atoms with E-state index >= 15 is 0 Å². The Kier molecular flexibility index (Phi) is 6.39. The van der Waals surface area contributed by atoms with Gasteiger partial charge in [-0.15, -0.1) is 11.8 Å². The molecular formula is C24H33N3O5S. The van der Waals surface area contributed by atoms with Crippen molar-refractivity contribution in [2.45, 2.75) is 61.6 Å². The summed E-state index contributed by atoms with van der Waals surface area (Å²) >= 11 is 1.62. The summed E-state index contributed by atoms with van der Waals surface area (Å²) < 4.78 is 4.09. The van der Waals surface area contributed by atoms with Crippen molar-refractivity contribution in [3.05, 3.63) is 24.3 Å². The highest BCUT2D eigenvalue weighted by atomic mass is 32.2. The van der Waals surface area contributed by atoms with Crippen molar-refractivity contribution in [2.75, 3.05) is 25.6 Å². The Morgan fingerprint density at radius 3 is 2.58 bits per heavy atom. The maximum atomic E-state index is 13.8. The molecule has 180 valence electrons. The van der Waals surface area contributed by atoms with E-state index in [4.69, 9.17) is 4.74 Å². The van der Waals surface area contributed by atoms with Crippen LogP contribution in [0.15, 0.2) is 24.3 Å². The lowest BCUT2D eigenvalue weighted by molar-refractivity contribution is -0.142. The fourth-order valence-corrected chi connectivity index (χ4v) is 8.21. The van der Waals surface area contributed by atoms with E-state index in [0.29, 0.717) is 24.4 Å². The Morgan fingerprint density at radius 1 is 1.27 bits per heavy atom. The number of rotatable bonds is 8. The number of aliphatic hydroxyl groups is 1. The summed E-state index contributed by atoms with van der Waals surface area (Å²) in [6.07, 6.45) is 2.25. The molecular weight excluding hydrogens is 442 g/mol. The number of hydrogen-bond acceptors (Lipinski definition) is 6. The van der Waals surface area contributed by atoms with Gasteiger partial charge in [-0.25, -0.2) is 0 Å². The summed E-state index contributed by atoms with van der Waals surface area (Å²) in [6, 6.07) is 5.73. The van der Waals surface area contributed by atoms with Gasteiger partial charge in [0.15, 0.2) is 0 Å². The Bertz CT molecular complexity index is 941. The van der Waals surface area contributed by atoms with Gasteiger partial charge in [0.1, 0.15) is 11.8 Å².